The summed E-state index contributed by atoms with van der Waals surface area (Å²) < 4.78 is 33.4. The normalized spacial score (nSPS) is 37.0. The Morgan fingerprint density at radius 2 is 1.68 bits per heavy atom. The third-order valence-corrected chi connectivity index (χ3v) is 6.71. The number of hydrogen-bond acceptors (Lipinski definition) is 3. The van der Waals surface area contributed by atoms with E-state index in [1.807, 2.05) is 0 Å². The summed E-state index contributed by atoms with van der Waals surface area (Å²) in [6.07, 6.45) is 7.02. The molecule has 0 heterocycles. The number of hydrogen-bond donors (Lipinski definition) is 0. The van der Waals surface area contributed by atoms with Gasteiger partial charge in [0.25, 0.3) is 0 Å². The van der Waals surface area contributed by atoms with E-state index in [1.165, 1.54) is 19.3 Å². The molecule has 2 saturated carbocycles. The van der Waals surface area contributed by atoms with Gasteiger partial charge in [-0.25, -0.2) is 8.42 Å². The fraction of sp³-hybridized carbons (Fsp3) is 1.00. The second-order valence-corrected chi connectivity index (χ2v) is 8.06. The Morgan fingerprint density at radius 1 is 1.11 bits per heavy atom. The standard InChI is InChI=1S/C14H26O3S.Na/c1-3-10(2)11-4-5-13-9-14(18(15,16)17)7-6-12(13)8-11;/h10-14H,3-9H2,1-2H3,(H,15,16,17);/q;+1/p-1. The van der Waals surface area contributed by atoms with Crippen molar-refractivity contribution in [1.82, 2.24) is 0 Å². The van der Waals surface area contributed by atoms with Crippen molar-refractivity contribution < 1.29 is 42.5 Å². The zero-order valence-electron chi connectivity index (χ0n) is 12.5. The molecule has 0 saturated heterocycles. The molecule has 0 radical (unpaired) electrons. The van der Waals surface area contributed by atoms with E-state index in [4.69, 9.17) is 0 Å². The van der Waals surface area contributed by atoms with Gasteiger partial charge in [0.2, 0.25) is 0 Å². The third kappa shape index (κ3) is 4.44. The monoisotopic (exact) mass is 296 g/mol. The van der Waals surface area contributed by atoms with Crippen molar-refractivity contribution in [2.24, 2.45) is 23.7 Å². The quantitative estimate of drug-likeness (QED) is 0.551. The summed E-state index contributed by atoms with van der Waals surface area (Å²) in [5.41, 5.74) is 0. The zero-order valence-corrected chi connectivity index (χ0v) is 15.3. The molecule has 5 heteroatoms. The summed E-state index contributed by atoms with van der Waals surface area (Å²) in [6, 6.07) is 0. The Kier molecular flexibility index (Phi) is 6.86. The van der Waals surface area contributed by atoms with E-state index in [-0.39, 0.29) is 29.6 Å². The first-order chi connectivity index (χ1) is 8.41. The van der Waals surface area contributed by atoms with Crippen LogP contribution in [0.4, 0.5) is 0 Å². The van der Waals surface area contributed by atoms with Gasteiger partial charge in [0.1, 0.15) is 0 Å². The van der Waals surface area contributed by atoms with Gasteiger partial charge in [-0.15, -0.1) is 0 Å². The fourth-order valence-electron chi connectivity index (χ4n) is 3.99. The Balaban J connectivity index is 0.00000180. The van der Waals surface area contributed by atoms with E-state index < -0.39 is 15.4 Å². The predicted molar refractivity (Wildman–Crippen MR) is 71.1 cm³/mol. The van der Waals surface area contributed by atoms with Gasteiger partial charge in [-0.2, -0.15) is 0 Å². The molecule has 2 aliphatic carbocycles. The molecule has 0 spiro atoms. The Bertz CT molecular complexity index is 382. The van der Waals surface area contributed by atoms with E-state index in [2.05, 4.69) is 13.8 Å². The van der Waals surface area contributed by atoms with Gasteiger partial charge in [0.15, 0.2) is 0 Å². The van der Waals surface area contributed by atoms with Crippen LogP contribution in [0.25, 0.3) is 0 Å². The molecular weight excluding hydrogens is 271 g/mol. The maximum Gasteiger partial charge on any atom is 1.00 e. The van der Waals surface area contributed by atoms with Crippen LogP contribution < -0.4 is 29.6 Å². The summed E-state index contributed by atoms with van der Waals surface area (Å²) in [6.45, 7) is 4.58. The van der Waals surface area contributed by atoms with E-state index in [0.29, 0.717) is 24.7 Å². The summed E-state index contributed by atoms with van der Waals surface area (Å²) in [5, 5.41) is -0.598. The fourth-order valence-corrected chi connectivity index (χ4v) is 4.90. The second-order valence-electron chi connectivity index (χ2n) is 6.41. The molecule has 2 fully saturated rings. The van der Waals surface area contributed by atoms with Crippen LogP contribution in [0.15, 0.2) is 0 Å². The summed E-state index contributed by atoms with van der Waals surface area (Å²) in [7, 11) is -4.06. The minimum atomic E-state index is -4.06. The van der Waals surface area contributed by atoms with Crippen LogP contribution in [-0.2, 0) is 10.1 Å². The van der Waals surface area contributed by atoms with E-state index in [0.717, 1.165) is 24.7 Å². The first kappa shape index (κ1) is 18.0. The molecule has 0 N–H and O–H groups in total. The van der Waals surface area contributed by atoms with E-state index >= 15 is 0 Å². The van der Waals surface area contributed by atoms with Crippen LogP contribution in [0, 0.1) is 23.7 Å². The van der Waals surface area contributed by atoms with Gasteiger partial charge in [-0.1, -0.05) is 20.3 Å². The largest absolute Gasteiger partial charge is 1.00 e. The van der Waals surface area contributed by atoms with Crippen LogP contribution in [0.2, 0.25) is 0 Å². The molecule has 3 nitrogen and oxygen atoms in total. The second kappa shape index (κ2) is 7.26. The average molecular weight is 296 g/mol. The molecule has 5 atom stereocenters. The van der Waals surface area contributed by atoms with Crippen molar-refractivity contribution in [3.8, 4) is 0 Å². The number of rotatable bonds is 3. The van der Waals surface area contributed by atoms with Crippen molar-refractivity contribution in [3.63, 3.8) is 0 Å². The minimum Gasteiger partial charge on any atom is -0.748 e. The topological polar surface area (TPSA) is 57.2 Å². The van der Waals surface area contributed by atoms with Crippen LogP contribution in [-0.4, -0.2) is 18.2 Å². The van der Waals surface area contributed by atoms with Crippen LogP contribution in [0.5, 0.6) is 0 Å². The third-order valence-electron chi connectivity index (χ3n) is 5.46. The predicted octanol–water partition coefficient (Wildman–Crippen LogP) is 0.167. The van der Waals surface area contributed by atoms with Crippen LogP contribution >= 0.6 is 0 Å². The SMILES string of the molecule is CCC(C)C1CCC2CC(S(=O)(=O)[O-])CCC2C1.[Na+]. The van der Waals surface area contributed by atoms with Gasteiger partial charge in [0.05, 0.1) is 10.1 Å². The first-order valence-corrected chi connectivity index (χ1v) is 8.83. The molecule has 0 aromatic heterocycles. The minimum absolute atomic E-state index is 0. The Labute approximate surface area is 140 Å². The van der Waals surface area contributed by atoms with Gasteiger partial charge >= 0.3 is 29.6 Å². The number of fused-ring (bicyclic) bond motifs is 1. The summed E-state index contributed by atoms with van der Waals surface area (Å²) >= 11 is 0. The molecule has 0 aromatic rings. The van der Waals surface area contributed by atoms with Crippen molar-refractivity contribution >= 4 is 10.1 Å². The molecule has 5 unspecified atom stereocenters. The van der Waals surface area contributed by atoms with Crippen molar-refractivity contribution in [3.05, 3.63) is 0 Å². The van der Waals surface area contributed by atoms with Crippen LogP contribution in [0.1, 0.15) is 58.8 Å². The molecule has 2 rings (SSSR count). The molecular formula is C14H25NaO3S. The van der Waals surface area contributed by atoms with Crippen molar-refractivity contribution in [1.29, 1.82) is 0 Å². The van der Waals surface area contributed by atoms with Gasteiger partial charge < -0.3 is 4.55 Å². The molecule has 0 bridgehead atoms. The zero-order chi connectivity index (χ0) is 13.3. The van der Waals surface area contributed by atoms with E-state index in [1.54, 1.807) is 0 Å². The summed E-state index contributed by atoms with van der Waals surface area (Å²) in [4.78, 5) is 0. The van der Waals surface area contributed by atoms with Crippen LogP contribution in [0.3, 0.4) is 0 Å². The Hall–Kier alpha value is 0.910. The van der Waals surface area contributed by atoms with Gasteiger partial charge in [0, 0.05) is 5.25 Å². The maximum atomic E-state index is 11.1. The molecule has 0 aromatic carbocycles. The Morgan fingerprint density at radius 3 is 2.26 bits per heavy atom. The molecule has 106 valence electrons. The van der Waals surface area contributed by atoms with Gasteiger partial charge in [-0.05, 0) is 62.2 Å². The maximum absolute atomic E-state index is 11.1. The first-order valence-electron chi connectivity index (χ1n) is 7.36. The molecule has 0 amide bonds. The van der Waals surface area contributed by atoms with Gasteiger partial charge in [-0.3, -0.25) is 0 Å². The molecule has 19 heavy (non-hydrogen) atoms. The average Bonchev–Trinajstić information content (AvgIpc) is 2.35. The van der Waals surface area contributed by atoms with Crippen molar-refractivity contribution in [2.75, 3.05) is 0 Å². The molecule has 2 aliphatic rings. The van der Waals surface area contributed by atoms with Crippen molar-refractivity contribution in [2.45, 2.75) is 64.0 Å². The summed E-state index contributed by atoms with van der Waals surface area (Å²) in [5.74, 6) is 2.77. The van der Waals surface area contributed by atoms with E-state index in [9.17, 15) is 13.0 Å². The smallest absolute Gasteiger partial charge is 0.748 e. The molecule has 0 aliphatic heterocycles.